The minimum atomic E-state index is -0.0838. The molecule has 3 aromatic carbocycles. The predicted molar refractivity (Wildman–Crippen MR) is 119 cm³/mol. The third-order valence-electron chi connectivity index (χ3n) is 4.92. The van der Waals surface area contributed by atoms with Crippen LogP contribution in [0.1, 0.15) is 5.56 Å². The van der Waals surface area contributed by atoms with Crippen LogP contribution in [0.15, 0.2) is 54.6 Å². The minimum Gasteiger partial charge on any atom is -0.507 e. The average molecular weight is 431 g/mol. The number of phenolic OH excluding ortho intramolecular Hbond substituents is 3. The predicted octanol–water partition coefficient (Wildman–Crippen LogP) is 4.32. The molecule has 0 aliphatic rings. The number of rotatable bonds is 5. The summed E-state index contributed by atoms with van der Waals surface area (Å²) in [7, 11) is 3.00. The van der Waals surface area contributed by atoms with Crippen LogP contribution in [0, 0.1) is 6.92 Å². The number of benzene rings is 3. The van der Waals surface area contributed by atoms with Crippen LogP contribution in [0.5, 0.6) is 28.7 Å². The van der Waals surface area contributed by atoms with E-state index >= 15 is 0 Å². The molecule has 32 heavy (non-hydrogen) atoms. The SMILES string of the molecule is COc1ccc(-c2nc(-c3ccc(C)cc3O)nc(-c3ccc(OC)cc3O)n2)c(O)c1. The van der Waals surface area contributed by atoms with E-state index in [1.54, 1.807) is 36.4 Å². The molecule has 4 aromatic rings. The Morgan fingerprint density at radius 3 is 1.28 bits per heavy atom. The van der Waals surface area contributed by atoms with Gasteiger partial charge in [-0.15, -0.1) is 0 Å². The van der Waals surface area contributed by atoms with Crippen molar-refractivity contribution >= 4 is 0 Å². The van der Waals surface area contributed by atoms with E-state index in [0.717, 1.165) is 5.56 Å². The Labute approximate surface area is 184 Å². The number of hydrogen-bond acceptors (Lipinski definition) is 8. The van der Waals surface area contributed by atoms with E-state index in [4.69, 9.17) is 9.47 Å². The van der Waals surface area contributed by atoms with E-state index in [9.17, 15) is 15.3 Å². The number of nitrogens with zero attached hydrogens (tertiary/aromatic N) is 3. The lowest BCUT2D eigenvalue weighted by Crippen LogP contribution is -2.01. The molecule has 1 heterocycles. The number of aryl methyl sites for hydroxylation is 1. The molecule has 1 aromatic heterocycles. The lowest BCUT2D eigenvalue weighted by molar-refractivity contribution is 0.408. The van der Waals surface area contributed by atoms with Crippen LogP contribution in [-0.4, -0.2) is 44.5 Å². The standard InChI is InChI=1S/C24H21N3O5/c1-13-4-7-16(19(28)10-13)22-25-23(17-8-5-14(31-2)11-20(17)29)27-24(26-22)18-9-6-15(32-3)12-21(18)30/h4-12,28-30H,1-3H3. The molecule has 8 heteroatoms. The largest absolute Gasteiger partial charge is 0.507 e. The van der Waals surface area contributed by atoms with Gasteiger partial charge in [0.2, 0.25) is 0 Å². The molecule has 0 aliphatic carbocycles. The van der Waals surface area contributed by atoms with Gasteiger partial charge in [0.25, 0.3) is 0 Å². The van der Waals surface area contributed by atoms with E-state index in [2.05, 4.69) is 15.0 Å². The van der Waals surface area contributed by atoms with Crippen molar-refractivity contribution in [3.63, 3.8) is 0 Å². The normalized spacial score (nSPS) is 10.7. The first kappa shape index (κ1) is 20.9. The van der Waals surface area contributed by atoms with Gasteiger partial charge in [-0.1, -0.05) is 6.07 Å². The van der Waals surface area contributed by atoms with Gasteiger partial charge in [-0.3, -0.25) is 0 Å². The highest BCUT2D eigenvalue weighted by Crippen LogP contribution is 2.36. The molecule has 0 unspecified atom stereocenters. The second-order valence-electron chi connectivity index (χ2n) is 7.09. The highest BCUT2D eigenvalue weighted by molar-refractivity contribution is 5.74. The molecule has 0 fully saturated rings. The molecule has 0 radical (unpaired) electrons. The molecule has 4 rings (SSSR count). The Morgan fingerprint density at radius 1 is 0.562 bits per heavy atom. The lowest BCUT2D eigenvalue weighted by Gasteiger charge is -2.12. The van der Waals surface area contributed by atoms with E-state index in [1.807, 2.05) is 13.0 Å². The first-order valence-corrected chi connectivity index (χ1v) is 9.70. The molecule has 8 nitrogen and oxygen atoms in total. The van der Waals surface area contributed by atoms with Crippen LogP contribution in [-0.2, 0) is 0 Å². The second-order valence-corrected chi connectivity index (χ2v) is 7.09. The Bertz CT molecular complexity index is 1240. The van der Waals surface area contributed by atoms with Gasteiger partial charge in [0.15, 0.2) is 17.5 Å². The topological polar surface area (TPSA) is 118 Å². The van der Waals surface area contributed by atoms with Crippen molar-refractivity contribution in [2.24, 2.45) is 0 Å². The Kier molecular flexibility index (Phi) is 5.51. The molecule has 0 saturated carbocycles. The van der Waals surface area contributed by atoms with Crippen molar-refractivity contribution in [2.45, 2.75) is 6.92 Å². The van der Waals surface area contributed by atoms with Gasteiger partial charge in [0.1, 0.15) is 28.7 Å². The van der Waals surface area contributed by atoms with Gasteiger partial charge in [-0.05, 0) is 48.9 Å². The fourth-order valence-corrected chi connectivity index (χ4v) is 3.22. The molecular formula is C24H21N3O5. The smallest absolute Gasteiger partial charge is 0.167 e. The van der Waals surface area contributed by atoms with E-state index < -0.39 is 0 Å². The van der Waals surface area contributed by atoms with Crippen molar-refractivity contribution < 1.29 is 24.8 Å². The summed E-state index contributed by atoms with van der Waals surface area (Å²) in [4.78, 5) is 13.4. The zero-order chi connectivity index (χ0) is 22.8. The van der Waals surface area contributed by atoms with Gasteiger partial charge in [0.05, 0.1) is 30.9 Å². The molecule has 0 amide bonds. The molecule has 0 atom stereocenters. The van der Waals surface area contributed by atoms with Crippen molar-refractivity contribution in [1.82, 2.24) is 15.0 Å². The Morgan fingerprint density at radius 2 is 0.938 bits per heavy atom. The van der Waals surface area contributed by atoms with E-state index in [1.165, 1.54) is 26.4 Å². The molecule has 3 N–H and O–H groups in total. The van der Waals surface area contributed by atoms with Crippen molar-refractivity contribution in [1.29, 1.82) is 0 Å². The number of aromatic hydroxyl groups is 3. The number of ether oxygens (including phenoxy) is 2. The Hall–Kier alpha value is -4.33. The van der Waals surface area contributed by atoms with Gasteiger partial charge in [-0.25, -0.2) is 15.0 Å². The summed E-state index contributed by atoms with van der Waals surface area (Å²) in [5.74, 6) is 1.31. The maximum absolute atomic E-state index is 10.5. The Balaban J connectivity index is 1.95. The van der Waals surface area contributed by atoms with Gasteiger partial charge in [-0.2, -0.15) is 0 Å². The third-order valence-corrected chi connectivity index (χ3v) is 4.92. The van der Waals surface area contributed by atoms with Crippen molar-refractivity contribution in [2.75, 3.05) is 14.2 Å². The van der Waals surface area contributed by atoms with E-state index in [0.29, 0.717) is 28.2 Å². The number of phenols is 3. The van der Waals surface area contributed by atoms with Crippen LogP contribution < -0.4 is 9.47 Å². The zero-order valence-electron chi connectivity index (χ0n) is 17.7. The summed E-state index contributed by atoms with van der Waals surface area (Å²) in [5.41, 5.74) is 1.95. The molecular weight excluding hydrogens is 410 g/mol. The maximum Gasteiger partial charge on any atom is 0.167 e. The lowest BCUT2D eigenvalue weighted by atomic mass is 10.1. The summed E-state index contributed by atoms with van der Waals surface area (Å²) >= 11 is 0. The summed E-state index contributed by atoms with van der Waals surface area (Å²) in [6.45, 7) is 1.86. The number of methoxy groups -OCH3 is 2. The van der Waals surface area contributed by atoms with Crippen LogP contribution in [0.4, 0.5) is 0 Å². The first-order chi connectivity index (χ1) is 15.4. The maximum atomic E-state index is 10.5. The number of aromatic nitrogens is 3. The quantitative estimate of drug-likeness (QED) is 0.428. The van der Waals surface area contributed by atoms with Gasteiger partial charge in [0, 0.05) is 12.1 Å². The molecule has 0 aliphatic heterocycles. The third kappa shape index (κ3) is 3.98. The summed E-state index contributed by atoms with van der Waals surface area (Å²) < 4.78 is 10.3. The molecule has 162 valence electrons. The zero-order valence-corrected chi connectivity index (χ0v) is 17.7. The van der Waals surface area contributed by atoms with Crippen LogP contribution in [0.25, 0.3) is 34.2 Å². The van der Waals surface area contributed by atoms with Crippen LogP contribution >= 0.6 is 0 Å². The minimum absolute atomic E-state index is 0.00556. The van der Waals surface area contributed by atoms with Crippen molar-refractivity contribution in [3.05, 3.63) is 60.2 Å². The fraction of sp³-hybridized carbons (Fsp3) is 0.125. The molecule has 0 bridgehead atoms. The average Bonchev–Trinajstić information content (AvgIpc) is 2.78. The summed E-state index contributed by atoms with van der Waals surface area (Å²) in [5, 5.41) is 31.5. The molecule has 0 saturated heterocycles. The van der Waals surface area contributed by atoms with Crippen LogP contribution in [0.2, 0.25) is 0 Å². The monoisotopic (exact) mass is 431 g/mol. The van der Waals surface area contributed by atoms with Gasteiger partial charge < -0.3 is 24.8 Å². The second kappa shape index (κ2) is 8.43. The van der Waals surface area contributed by atoms with Crippen LogP contribution in [0.3, 0.4) is 0 Å². The highest BCUT2D eigenvalue weighted by Gasteiger charge is 2.18. The number of hydrogen-bond donors (Lipinski definition) is 3. The van der Waals surface area contributed by atoms with E-state index in [-0.39, 0.29) is 34.7 Å². The summed E-state index contributed by atoms with van der Waals surface area (Å²) in [6.07, 6.45) is 0. The van der Waals surface area contributed by atoms with Crippen molar-refractivity contribution in [3.8, 4) is 62.9 Å². The van der Waals surface area contributed by atoms with Gasteiger partial charge >= 0.3 is 0 Å². The first-order valence-electron chi connectivity index (χ1n) is 9.70. The fourth-order valence-electron chi connectivity index (χ4n) is 3.22. The molecule has 0 spiro atoms. The summed E-state index contributed by atoms with van der Waals surface area (Å²) in [6, 6.07) is 14.6. The highest BCUT2D eigenvalue weighted by atomic mass is 16.5.